The largest absolute Gasteiger partial charge is 0.362 e. The van der Waals surface area contributed by atoms with Gasteiger partial charge in [-0.15, -0.1) is 5.10 Å². The van der Waals surface area contributed by atoms with Crippen molar-refractivity contribution in [3.05, 3.63) is 62.7 Å². The third-order valence-electron chi connectivity index (χ3n) is 5.61. The summed E-state index contributed by atoms with van der Waals surface area (Å²) in [7, 11) is 0. The summed E-state index contributed by atoms with van der Waals surface area (Å²) in [6.07, 6.45) is 0. The molecule has 2 heterocycles. The Morgan fingerprint density at radius 3 is 2.58 bits per heavy atom. The molecule has 0 N–H and O–H groups in total. The Morgan fingerprint density at radius 2 is 1.88 bits per heavy atom. The predicted octanol–water partition coefficient (Wildman–Crippen LogP) is 3.28. The van der Waals surface area contributed by atoms with Crippen LogP contribution >= 0.6 is 23.4 Å². The summed E-state index contributed by atoms with van der Waals surface area (Å²) < 4.78 is 1.63. The highest BCUT2D eigenvalue weighted by Gasteiger charge is 2.26. The zero-order valence-corrected chi connectivity index (χ0v) is 19.7. The predicted molar refractivity (Wildman–Crippen MR) is 126 cm³/mol. The van der Waals surface area contributed by atoms with E-state index in [-0.39, 0.29) is 17.3 Å². The fourth-order valence-corrected chi connectivity index (χ4v) is 4.57. The number of amides is 1. The molecular weight excluding hydrogens is 466 g/mol. The molecular formula is C21H22ClN7O3S. The number of halogens is 1. The molecule has 1 aromatic heterocycles. The molecule has 172 valence electrons. The number of carbonyl (C=O) groups is 1. The molecule has 1 aliphatic rings. The van der Waals surface area contributed by atoms with Crippen molar-refractivity contribution in [1.82, 2.24) is 25.1 Å². The molecule has 0 radical (unpaired) electrons. The van der Waals surface area contributed by atoms with Crippen molar-refractivity contribution in [2.75, 3.05) is 36.8 Å². The Balaban J connectivity index is 1.36. The van der Waals surface area contributed by atoms with Crippen LogP contribution in [0.25, 0.3) is 5.69 Å². The molecule has 1 amide bonds. The molecule has 3 aromatic rings. The van der Waals surface area contributed by atoms with Gasteiger partial charge in [-0.25, -0.2) is 0 Å². The maximum absolute atomic E-state index is 12.8. The first-order valence-electron chi connectivity index (χ1n) is 10.3. The molecule has 0 bridgehead atoms. The summed E-state index contributed by atoms with van der Waals surface area (Å²) in [4.78, 5) is 27.4. The third kappa shape index (κ3) is 5.09. The van der Waals surface area contributed by atoms with Crippen LogP contribution in [0.3, 0.4) is 0 Å². The lowest BCUT2D eigenvalue weighted by Gasteiger charge is -2.35. The molecule has 0 spiro atoms. The summed E-state index contributed by atoms with van der Waals surface area (Å²) in [5.74, 6) is 0.173. The number of hydrogen-bond acceptors (Lipinski definition) is 8. The van der Waals surface area contributed by atoms with Crippen LogP contribution in [0.15, 0.2) is 41.6 Å². The fourth-order valence-electron chi connectivity index (χ4n) is 3.61. The van der Waals surface area contributed by atoms with Crippen LogP contribution in [0.4, 0.5) is 11.4 Å². The fraction of sp³-hybridized carbons (Fsp3) is 0.333. The van der Waals surface area contributed by atoms with E-state index in [0.717, 1.165) is 11.3 Å². The number of tetrazole rings is 1. The molecule has 0 unspecified atom stereocenters. The number of anilines is 1. The van der Waals surface area contributed by atoms with Crippen LogP contribution in [0.1, 0.15) is 11.1 Å². The molecule has 0 atom stereocenters. The Kier molecular flexibility index (Phi) is 6.80. The molecule has 33 heavy (non-hydrogen) atoms. The summed E-state index contributed by atoms with van der Waals surface area (Å²) in [5.41, 5.74) is 3.64. The van der Waals surface area contributed by atoms with Crippen LogP contribution in [0, 0.1) is 24.0 Å². The van der Waals surface area contributed by atoms with Gasteiger partial charge in [0.1, 0.15) is 5.69 Å². The van der Waals surface area contributed by atoms with E-state index in [9.17, 15) is 14.9 Å². The smallest absolute Gasteiger partial charge is 0.294 e. The van der Waals surface area contributed by atoms with Crippen LogP contribution < -0.4 is 4.90 Å². The number of rotatable bonds is 6. The topological polar surface area (TPSA) is 110 Å². The summed E-state index contributed by atoms with van der Waals surface area (Å²) in [5, 5.41) is 24.1. The zero-order chi connectivity index (χ0) is 23.5. The van der Waals surface area contributed by atoms with Gasteiger partial charge >= 0.3 is 0 Å². The van der Waals surface area contributed by atoms with Crippen LogP contribution in [-0.2, 0) is 4.79 Å². The molecule has 1 saturated heterocycles. The van der Waals surface area contributed by atoms with Gasteiger partial charge in [0.2, 0.25) is 11.1 Å². The van der Waals surface area contributed by atoms with E-state index < -0.39 is 4.92 Å². The van der Waals surface area contributed by atoms with Gasteiger partial charge in [0.15, 0.2) is 0 Å². The maximum atomic E-state index is 12.8. The van der Waals surface area contributed by atoms with Gasteiger partial charge in [-0.3, -0.25) is 14.9 Å². The third-order valence-corrected chi connectivity index (χ3v) is 6.75. The number of aromatic nitrogens is 4. The van der Waals surface area contributed by atoms with E-state index in [4.69, 9.17) is 11.6 Å². The van der Waals surface area contributed by atoms with Gasteiger partial charge in [0.05, 0.1) is 16.4 Å². The van der Waals surface area contributed by atoms with Gasteiger partial charge in [-0.05, 0) is 59.7 Å². The van der Waals surface area contributed by atoms with Crippen molar-refractivity contribution in [3.63, 3.8) is 0 Å². The minimum atomic E-state index is -0.435. The lowest BCUT2D eigenvalue weighted by molar-refractivity contribution is -0.384. The first kappa shape index (κ1) is 23.0. The normalized spacial score (nSPS) is 13.9. The monoisotopic (exact) mass is 487 g/mol. The zero-order valence-electron chi connectivity index (χ0n) is 18.1. The summed E-state index contributed by atoms with van der Waals surface area (Å²) in [6, 6.07) is 10.6. The van der Waals surface area contributed by atoms with Gasteiger partial charge < -0.3 is 9.80 Å². The highest BCUT2D eigenvalue weighted by molar-refractivity contribution is 7.99. The van der Waals surface area contributed by atoms with Gasteiger partial charge in [-0.2, -0.15) is 4.68 Å². The molecule has 12 heteroatoms. The van der Waals surface area contributed by atoms with Crippen molar-refractivity contribution in [1.29, 1.82) is 0 Å². The van der Waals surface area contributed by atoms with Crippen molar-refractivity contribution in [2.24, 2.45) is 0 Å². The number of aryl methyl sites for hydroxylation is 2. The second kappa shape index (κ2) is 9.75. The molecule has 4 rings (SSSR count). The minimum absolute atomic E-state index is 0.0279. The highest BCUT2D eigenvalue weighted by Crippen LogP contribution is 2.31. The molecule has 1 aliphatic heterocycles. The second-order valence-electron chi connectivity index (χ2n) is 7.69. The molecule has 0 aliphatic carbocycles. The Labute approximate surface area is 199 Å². The number of benzene rings is 2. The molecule has 0 saturated carbocycles. The number of nitrogens with zero attached hydrogens (tertiary/aromatic N) is 7. The van der Waals surface area contributed by atoms with E-state index in [0.29, 0.717) is 42.0 Å². The summed E-state index contributed by atoms with van der Waals surface area (Å²) in [6.45, 7) is 6.01. The van der Waals surface area contributed by atoms with Crippen LogP contribution in [0.2, 0.25) is 5.02 Å². The van der Waals surface area contributed by atoms with Crippen molar-refractivity contribution < 1.29 is 9.72 Å². The second-order valence-corrected chi connectivity index (χ2v) is 9.07. The van der Waals surface area contributed by atoms with E-state index >= 15 is 0 Å². The summed E-state index contributed by atoms with van der Waals surface area (Å²) >= 11 is 7.20. The van der Waals surface area contributed by atoms with Gasteiger partial charge in [-0.1, -0.05) is 29.4 Å². The number of nitro groups is 1. The van der Waals surface area contributed by atoms with Gasteiger partial charge in [0.25, 0.3) is 5.69 Å². The van der Waals surface area contributed by atoms with E-state index in [1.54, 1.807) is 21.7 Å². The van der Waals surface area contributed by atoms with Crippen molar-refractivity contribution in [2.45, 2.75) is 19.0 Å². The average molecular weight is 488 g/mol. The first-order chi connectivity index (χ1) is 15.8. The molecule has 10 nitrogen and oxygen atoms in total. The highest BCUT2D eigenvalue weighted by atomic mass is 35.5. The number of thioether (sulfide) groups is 1. The number of carbonyl (C=O) groups excluding carboxylic acids is 1. The lowest BCUT2D eigenvalue weighted by atomic mass is 10.1. The molecule has 2 aromatic carbocycles. The van der Waals surface area contributed by atoms with Crippen LogP contribution in [-0.4, -0.2) is 67.9 Å². The Hall–Kier alpha value is -3.18. The lowest BCUT2D eigenvalue weighted by Crippen LogP contribution is -2.49. The molecule has 1 fully saturated rings. The van der Waals surface area contributed by atoms with Crippen molar-refractivity contribution >= 4 is 40.6 Å². The number of nitro benzene ring substituents is 1. The quantitative estimate of drug-likeness (QED) is 0.296. The first-order valence-corrected chi connectivity index (χ1v) is 11.7. The van der Waals surface area contributed by atoms with Crippen LogP contribution in [0.5, 0.6) is 0 Å². The number of piperazine rings is 1. The van der Waals surface area contributed by atoms with E-state index in [1.807, 2.05) is 36.9 Å². The SMILES string of the molecule is Cc1ccc(-n2nnnc2SCC(=O)N2CCN(c3ccc(Cl)cc3[N+](=O)[O-])CC2)cc1C. The Bertz CT molecular complexity index is 1190. The Morgan fingerprint density at radius 1 is 1.12 bits per heavy atom. The average Bonchev–Trinajstić information content (AvgIpc) is 3.28. The van der Waals surface area contributed by atoms with E-state index in [2.05, 4.69) is 15.5 Å². The van der Waals surface area contributed by atoms with E-state index in [1.165, 1.54) is 23.4 Å². The number of hydrogen-bond donors (Lipinski definition) is 0. The van der Waals surface area contributed by atoms with Crippen molar-refractivity contribution in [3.8, 4) is 5.69 Å². The maximum Gasteiger partial charge on any atom is 0.294 e. The van der Waals surface area contributed by atoms with Gasteiger partial charge in [0, 0.05) is 37.3 Å². The minimum Gasteiger partial charge on any atom is -0.362 e. The standard InChI is InChI=1S/C21H22ClN7O3S/c1-14-3-5-17(11-15(14)2)28-21(23-24-25-28)33-13-20(30)27-9-7-26(8-10-27)18-6-4-16(22)12-19(18)29(31)32/h3-6,11-12H,7-10,13H2,1-2H3.